The van der Waals surface area contributed by atoms with Crippen LogP contribution in [0.2, 0.25) is 0 Å². The van der Waals surface area contributed by atoms with Crippen molar-refractivity contribution in [2.24, 2.45) is 11.8 Å². The second-order valence-electron chi connectivity index (χ2n) is 5.97. The van der Waals surface area contributed by atoms with Crippen molar-refractivity contribution in [3.8, 4) is 0 Å². The largest absolute Gasteiger partial charge is 0.314 e. The van der Waals surface area contributed by atoms with Crippen molar-refractivity contribution in [3.63, 3.8) is 0 Å². The van der Waals surface area contributed by atoms with E-state index in [-0.39, 0.29) is 0 Å². The lowest BCUT2D eigenvalue weighted by atomic mass is 9.93. The zero-order chi connectivity index (χ0) is 13.1. The number of hydrogen-bond acceptors (Lipinski definition) is 3. The van der Waals surface area contributed by atoms with Crippen LogP contribution in [0.4, 0.5) is 0 Å². The number of nitrogens with one attached hydrogen (secondary N) is 1. The van der Waals surface area contributed by atoms with Crippen LogP contribution in [0.1, 0.15) is 48.7 Å². The van der Waals surface area contributed by atoms with Gasteiger partial charge in [0.15, 0.2) is 0 Å². The molecular weight excluding hydrogens is 240 g/mol. The number of hydrogen-bond donors (Lipinski definition) is 1. The lowest BCUT2D eigenvalue weighted by Gasteiger charge is -2.20. The summed E-state index contributed by atoms with van der Waals surface area (Å²) >= 11 is 1.90. The number of rotatable bonds is 5. The molecule has 0 aromatic carbocycles. The van der Waals surface area contributed by atoms with Gasteiger partial charge in [-0.2, -0.15) is 0 Å². The van der Waals surface area contributed by atoms with E-state index in [0.717, 1.165) is 11.8 Å². The van der Waals surface area contributed by atoms with E-state index < -0.39 is 0 Å². The molecule has 2 atom stereocenters. The molecule has 18 heavy (non-hydrogen) atoms. The van der Waals surface area contributed by atoms with Crippen LogP contribution >= 0.6 is 11.3 Å². The molecule has 1 saturated carbocycles. The molecule has 0 amide bonds. The van der Waals surface area contributed by atoms with Crippen molar-refractivity contribution in [2.45, 2.75) is 59.4 Å². The molecule has 0 aliphatic heterocycles. The first-order chi connectivity index (χ1) is 8.56. The summed E-state index contributed by atoms with van der Waals surface area (Å²) in [4.78, 5) is 6.09. The van der Waals surface area contributed by atoms with E-state index in [2.05, 4.69) is 33.0 Å². The van der Waals surface area contributed by atoms with Gasteiger partial charge in [-0.1, -0.05) is 20.3 Å². The van der Waals surface area contributed by atoms with Crippen LogP contribution in [0.5, 0.6) is 0 Å². The van der Waals surface area contributed by atoms with Crippen LogP contribution in [0.3, 0.4) is 0 Å². The second kappa shape index (κ2) is 6.16. The zero-order valence-electron chi connectivity index (χ0n) is 12.1. The van der Waals surface area contributed by atoms with E-state index in [9.17, 15) is 0 Å². The van der Waals surface area contributed by atoms with Gasteiger partial charge in [0, 0.05) is 17.3 Å². The van der Waals surface area contributed by atoms with Crippen molar-refractivity contribution in [1.82, 2.24) is 10.3 Å². The van der Waals surface area contributed by atoms with Crippen molar-refractivity contribution in [2.75, 3.05) is 6.54 Å². The van der Waals surface area contributed by atoms with Crippen LogP contribution in [0, 0.1) is 25.7 Å². The van der Waals surface area contributed by atoms with Gasteiger partial charge in [0.1, 0.15) is 0 Å². The molecule has 3 heteroatoms. The Bertz CT molecular complexity index is 364. The molecule has 1 aliphatic carbocycles. The fourth-order valence-corrected chi connectivity index (χ4v) is 3.92. The molecule has 2 rings (SSSR count). The van der Waals surface area contributed by atoms with E-state index in [1.54, 1.807) is 0 Å². The van der Waals surface area contributed by atoms with Gasteiger partial charge in [-0.15, -0.1) is 11.3 Å². The summed E-state index contributed by atoms with van der Waals surface area (Å²) in [5, 5.41) is 4.96. The quantitative estimate of drug-likeness (QED) is 0.878. The maximum Gasteiger partial charge on any atom is 0.0933 e. The fraction of sp³-hybridized carbons (Fsp3) is 0.800. The first kappa shape index (κ1) is 14.0. The maximum atomic E-state index is 4.70. The minimum Gasteiger partial charge on any atom is -0.314 e. The van der Waals surface area contributed by atoms with Crippen molar-refractivity contribution in [3.05, 3.63) is 15.6 Å². The van der Waals surface area contributed by atoms with Gasteiger partial charge in [-0.3, -0.25) is 0 Å². The van der Waals surface area contributed by atoms with E-state index in [4.69, 9.17) is 4.98 Å². The Kier molecular flexibility index (Phi) is 4.79. The van der Waals surface area contributed by atoms with Crippen LogP contribution in [0.25, 0.3) is 0 Å². The minimum atomic E-state index is 0.607. The van der Waals surface area contributed by atoms with Crippen molar-refractivity contribution < 1.29 is 0 Å². The molecule has 1 aliphatic rings. The van der Waals surface area contributed by atoms with Gasteiger partial charge in [0.05, 0.1) is 10.7 Å². The van der Waals surface area contributed by atoms with Crippen LogP contribution < -0.4 is 5.32 Å². The summed E-state index contributed by atoms with van der Waals surface area (Å²) in [6.45, 7) is 9.96. The average Bonchev–Trinajstić information content (AvgIpc) is 2.85. The molecular formula is C15H26N2S. The first-order valence-corrected chi connectivity index (χ1v) is 8.04. The molecule has 0 radical (unpaired) electrons. The third-order valence-electron chi connectivity index (χ3n) is 4.11. The molecule has 1 fully saturated rings. The van der Waals surface area contributed by atoms with Gasteiger partial charge in [-0.25, -0.2) is 4.98 Å². The van der Waals surface area contributed by atoms with E-state index >= 15 is 0 Å². The highest BCUT2D eigenvalue weighted by Gasteiger charge is 2.28. The molecule has 0 bridgehead atoms. The second-order valence-corrected chi connectivity index (χ2v) is 7.26. The lowest BCUT2D eigenvalue weighted by Crippen LogP contribution is -2.31. The highest BCUT2D eigenvalue weighted by Crippen LogP contribution is 2.35. The molecule has 1 heterocycles. The molecule has 1 aromatic heterocycles. The number of aromatic nitrogens is 1. The summed E-state index contributed by atoms with van der Waals surface area (Å²) < 4.78 is 0. The highest BCUT2D eigenvalue weighted by atomic mass is 32.1. The van der Waals surface area contributed by atoms with Crippen LogP contribution in [-0.4, -0.2) is 17.6 Å². The molecule has 102 valence electrons. The van der Waals surface area contributed by atoms with Crippen molar-refractivity contribution in [1.29, 1.82) is 0 Å². The SMILES string of the molecule is Cc1nc(CC2CCCC2CNC(C)C)sc1C. The molecule has 1 N–H and O–H groups in total. The minimum absolute atomic E-state index is 0.607. The third-order valence-corrected chi connectivity index (χ3v) is 5.21. The Hall–Kier alpha value is -0.410. The van der Waals surface area contributed by atoms with E-state index in [1.807, 2.05) is 11.3 Å². The molecule has 1 aromatic rings. The summed E-state index contributed by atoms with van der Waals surface area (Å²) in [7, 11) is 0. The molecule has 2 unspecified atom stereocenters. The maximum absolute atomic E-state index is 4.70. The average molecular weight is 266 g/mol. The smallest absolute Gasteiger partial charge is 0.0933 e. The Morgan fingerprint density at radius 3 is 2.61 bits per heavy atom. The third kappa shape index (κ3) is 3.55. The standard InChI is InChI=1S/C15H26N2S/c1-10(2)16-9-14-7-5-6-13(14)8-15-17-11(3)12(4)18-15/h10,13-14,16H,5-9H2,1-4H3. The predicted octanol–water partition coefficient (Wildman–Crippen LogP) is 3.72. The lowest BCUT2D eigenvalue weighted by molar-refractivity contribution is 0.353. The molecule has 0 spiro atoms. The van der Waals surface area contributed by atoms with Gasteiger partial charge in [-0.05, 0) is 45.1 Å². The predicted molar refractivity (Wildman–Crippen MR) is 79.3 cm³/mol. The van der Waals surface area contributed by atoms with E-state index in [0.29, 0.717) is 6.04 Å². The normalized spacial score (nSPS) is 24.1. The first-order valence-electron chi connectivity index (χ1n) is 7.22. The van der Waals surface area contributed by atoms with Gasteiger partial charge < -0.3 is 5.32 Å². The zero-order valence-corrected chi connectivity index (χ0v) is 12.9. The summed E-state index contributed by atoms with van der Waals surface area (Å²) in [6, 6.07) is 0.607. The summed E-state index contributed by atoms with van der Waals surface area (Å²) in [5.74, 6) is 1.71. The monoisotopic (exact) mass is 266 g/mol. The Balaban J connectivity index is 1.91. The number of aryl methyl sites for hydroxylation is 2. The van der Waals surface area contributed by atoms with Crippen molar-refractivity contribution >= 4 is 11.3 Å². The van der Waals surface area contributed by atoms with Crippen LogP contribution in [-0.2, 0) is 6.42 Å². The number of nitrogens with zero attached hydrogens (tertiary/aromatic N) is 1. The van der Waals surface area contributed by atoms with Gasteiger partial charge in [0.25, 0.3) is 0 Å². The highest BCUT2D eigenvalue weighted by molar-refractivity contribution is 7.11. The number of thiazole rings is 1. The topological polar surface area (TPSA) is 24.9 Å². The van der Waals surface area contributed by atoms with Gasteiger partial charge in [0.2, 0.25) is 0 Å². The summed E-state index contributed by atoms with van der Waals surface area (Å²) in [5.41, 5.74) is 1.23. The Morgan fingerprint density at radius 1 is 1.28 bits per heavy atom. The Morgan fingerprint density at radius 2 is 2.00 bits per heavy atom. The van der Waals surface area contributed by atoms with Gasteiger partial charge >= 0.3 is 0 Å². The molecule has 0 saturated heterocycles. The fourth-order valence-electron chi connectivity index (χ4n) is 2.89. The van der Waals surface area contributed by atoms with E-state index in [1.165, 1.54) is 47.8 Å². The Labute approximate surface area is 115 Å². The summed E-state index contributed by atoms with van der Waals surface area (Å²) in [6.07, 6.45) is 5.39. The molecule has 2 nitrogen and oxygen atoms in total. The van der Waals surface area contributed by atoms with Crippen LogP contribution in [0.15, 0.2) is 0 Å².